The normalized spacial score (nSPS) is 13.6. The van der Waals surface area contributed by atoms with E-state index >= 15 is 0 Å². The molecule has 6 heteroatoms. The van der Waals surface area contributed by atoms with Crippen LogP contribution in [-0.4, -0.2) is 23.6 Å². The number of fused-ring (bicyclic) bond motifs is 2. The molecular weight excluding hydrogens is 318 g/mol. The average molecular weight is 335 g/mol. The number of benzene rings is 2. The molecule has 0 saturated carbocycles. The first-order valence-electron chi connectivity index (χ1n) is 8.11. The van der Waals surface area contributed by atoms with Gasteiger partial charge >= 0.3 is 5.69 Å². The Morgan fingerprint density at radius 2 is 2.08 bits per heavy atom. The van der Waals surface area contributed by atoms with Crippen LogP contribution in [0.25, 0.3) is 10.9 Å². The maximum Gasteiger partial charge on any atom is 0.301 e. The van der Waals surface area contributed by atoms with Gasteiger partial charge in [-0.25, -0.2) is 0 Å². The highest BCUT2D eigenvalue weighted by molar-refractivity contribution is 5.94. The summed E-state index contributed by atoms with van der Waals surface area (Å²) >= 11 is 0. The molecule has 2 heterocycles. The zero-order valence-corrected chi connectivity index (χ0v) is 13.8. The van der Waals surface area contributed by atoms with Crippen LogP contribution in [0.15, 0.2) is 48.7 Å². The number of pyridine rings is 1. The van der Waals surface area contributed by atoms with Gasteiger partial charge in [0.2, 0.25) is 0 Å². The topological polar surface area (TPSA) is 68.5 Å². The van der Waals surface area contributed by atoms with Gasteiger partial charge in [0.1, 0.15) is 11.4 Å². The van der Waals surface area contributed by atoms with E-state index in [0.717, 1.165) is 17.7 Å². The van der Waals surface area contributed by atoms with Crippen LogP contribution in [0.3, 0.4) is 0 Å². The van der Waals surface area contributed by atoms with Crippen molar-refractivity contribution in [3.05, 3.63) is 69.9 Å². The number of aromatic nitrogens is 1. The molecule has 3 aromatic rings. The predicted octanol–water partition coefficient (Wildman–Crippen LogP) is 3.71. The lowest BCUT2D eigenvalue weighted by Crippen LogP contribution is -2.31. The zero-order chi connectivity index (χ0) is 17.4. The lowest BCUT2D eigenvalue weighted by molar-refractivity contribution is -0.382. The highest BCUT2D eigenvalue weighted by Crippen LogP contribution is 2.38. The van der Waals surface area contributed by atoms with Crippen molar-refractivity contribution in [1.82, 2.24) is 4.98 Å². The van der Waals surface area contributed by atoms with Crippen LogP contribution in [0.5, 0.6) is 5.75 Å². The Balaban J connectivity index is 1.80. The molecule has 1 aliphatic rings. The van der Waals surface area contributed by atoms with Gasteiger partial charge in [0.15, 0.2) is 0 Å². The number of rotatable bonds is 3. The summed E-state index contributed by atoms with van der Waals surface area (Å²) in [6.45, 7) is 1.33. The van der Waals surface area contributed by atoms with Crippen LogP contribution < -0.4 is 9.64 Å². The van der Waals surface area contributed by atoms with Gasteiger partial charge in [0.05, 0.1) is 22.9 Å². The number of nitro benzene ring substituents is 1. The molecule has 0 spiro atoms. The number of anilines is 1. The summed E-state index contributed by atoms with van der Waals surface area (Å²) in [5, 5.41) is 12.3. The molecule has 0 atom stereocenters. The smallest absolute Gasteiger partial charge is 0.301 e. The lowest BCUT2D eigenvalue weighted by Gasteiger charge is -2.31. The third-order valence-electron chi connectivity index (χ3n) is 4.70. The Hall–Kier alpha value is -3.15. The van der Waals surface area contributed by atoms with E-state index in [4.69, 9.17) is 4.74 Å². The highest BCUT2D eigenvalue weighted by atomic mass is 16.6. The Morgan fingerprint density at radius 3 is 2.88 bits per heavy atom. The Kier molecular flexibility index (Phi) is 3.72. The number of nitrogens with zero attached hydrogens (tertiary/aromatic N) is 3. The van der Waals surface area contributed by atoms with Crippen molar-refractivity contribution < 1.29 is 9.66 Å². The predicted molar refractivity (Wildman–Crippen MR) is 96.1 cm³/mol. The number of ether oxygens (including phenoxy) is 1. The average Bonchev–Trinajstić information content (AvgIpc) is 2.65. The minimum Gasteiger partial charge on any atom is -0.496 e. The van der Waals surface area contributed by atoms with E-state index in [1.165, 1.54) is 5.56 Å². The Bertz CT molecular complexity index is 971. The van der Waals surface area contributed by atoms with Crippen LogP contribution >= 0.6 is 0 Å². The van der Waals surface area contributed by atoms with Gasteiger partial charge in [-0.2, -0.15) is 0 Å². The van der Waals surface area contributed by atoms with Crippen molar-refractivity contribution in [3.63, 3.8) is 0 Å². The molecule has 0 N–H and O–H groups in total. The minimum atomic E-state index is -0.305. The van der Waals surface area contributed by atoms with Crippen molar-refractivity contribution in [2.24, 2.45) is 0 Å². The molecule has 0 bridgehead atoms. The largest absolute Gasteiger partial charge is 0.496 e. The third-order valence-corrected chi connectivity index (χ3v) is 4.70. The minimum absolute atomic E-state index is 0.122. The quantitative estimate of drug-likeness (QED) is 0.539. The first-order chi connectivity index (χ1) is 12.2. The summed E-state index contributed by atoms with van der Waals surface area (Å²) in [5.74, 6) is 0.884. The zero-order valence-electron chi connectivity index (χ0n) is 13.8. The van der Waals surface area contributed by atoms with Crippen molar-refractivity contribution in [2.45, 2.75) is 13.0 Å². The highest BCUT2D eigenvalue weighted by Gasteiger charge is 2.27. The summed E-state index contributed by atoms with van der Waals surface area (Å²) in [5.41, 5.74) is 3.73. The lowest BCUT2D eigenvalue weighted by atomic mass is 9.97. The van der Waals surface area contributed by atoms with Crippen molar-refractivity contribution in [2.75, 3.05) is 18.6 Å². The SMILES string of the molecule is COc1cccc2c1CCN(c1ccc3ncccc3c1[N+](=O)[O-])C2. The molecule has 0 unspecified atom stereocenters. The number of hydrogen-bond donors (Lipinski definition) is 0. The fourth-order valence-electron chi connectivity index (χ4n) is 3.54. The summed E-state index contributed by atoms with van der Waals surface area (Å²) in [6, 6.07) is 13.1. The van der Waals surface area contributed by atoms with Gasteiger partial charge in [-0.05, 0) is 42.3 Å². The second kappa shape index (κ2) is 6.05. The van der Waals surface area contributed by atoms with E-state index in [2.05, 4.69) is 16.0 Å². The molecule has 0 amide bonds. The van der Waals surface area contributed by atoms with Crippen molar-refractivity contribution >= 4 is 22.3 Å². The van der Waals surface area contributed by atoms with E-state index in [-0.39, 0.29) is 10.6 Å². The van der Waals surface area contributed by atoms with Gasteiger partial charge in [0.25, 0.3) is 0 Å². The van der Waals surface area contributed by atoms with Crippen molar-refractivity contribution in [3.8, 4) is 5.75 Å². The van der Waals surface area contributed by atoms with Gasteiger partial charge in [-0.15, -0.1) is 0 Å². The number of hydrogen-bond acceptors (Lipinski definition) is 5. The molecule has 0 fully saturated rings. The van der Waals surface area contributed by atoms with Crippen molar-refractivity contribution in [1.29, 1.82) is 0 Å². The van der Waals surface area contributed by atoms with E-state index in [9.17, 15) is 10.1 Å². The molecule has 0 aliphatic carbocycles. The maximum absolute atomic E-state index is 11.8. The summed E-state index contributed by atoms with van der Waals surface area (Å²) in [6.07, 6.45) is 2.44. The Labute approximate surface area is 144 Å². The fraction of sp³-hybridized carbons (Fsp3) is 0.211. The molecule has 2 aromatic carbocycles. The first kappa shape index (κ1) is 15.4. The van der Waals surface area contributed by atoms with Crippen LogP contribution in [0.4, 0.5) is 11.4 Å². The van der Waals surface area contributed by atoms with Gasteiger partial charge in [0, 0.05) is 24.8 Å². The van der Waals surface area contributed by atoms with Crippen LogP contribution in [0.2, 0.25) is 0 Å². The molecule has 0 saturated heterocycles. The molecule has 1 aliphatic heterocycles. The molecule has 1 aromatic heterocycles. The van der Waals surface area contributed by atoms with Crippen LogP contribution in [0, 0.1) is 10.1 Å². The fourth-order valence-corrected chi connectivity index (χ4v) is 3.54. The van der Waals surface area contributed by atoms with E-state index in [1.807, 2.05) is 18.2 Å². The summed E-state index contributed by atoms with van der Waals surface area (Å²) in [7, 11) is 1.67. The Morgan fingerprint density at radius 1 is 1.20 bits per heavy atom. The molecule has 25 heavy (non-hydrogen) atoms. The van der Waals surface area contributed by atoms with Crippen LogP contribution in [-0.2, 0) is 13.0 Å². The molecule has 4 rings (SSSR count). The van der Waals surface area contributed by atoms with E-state index < -0.39 is 0 Å². The van der Waals surface area contributed by atoms with E-state index in [0.29, 0.717) is 29.7 Å². The van der Waals surface area contributed by atoms with E-state index in [1.54, 1.807) is 31.5 Å². The second-order valence-electron chi connectivity index (χ2n) is 6.03. The summed E-state index contributed by atoms with van der Waals surface area (Å²) < 4.78 is 5.44. The van der Waals surface area contributed by atoms with Gasteiger partial charge in [-0.1, -0.05) is 12.1 Å². The summed E-state index contributed by atoms with van der Waals surface area (Å²) in [4.78, 5) is 17.7. The monoisotopic (exact) mass is 335 g/mol. The van der Waals surface area contributed by atoms with Gasteiger partial charge < -0.3 is 9.64 Å². The molecule has 6 nitrogen and oxygen atoms in total. The maximum atomic E-state index is 11.8. The number of nitro groups is 1. The molecular formula is C19H17N3O3. The second-order valence-corrected chi connectivity index (χ2v) is 6.03. The first-order valence-corrected chi connectivity index (χ1v) is 8.11. The third kappa shape index (κ3) is 2.55. The van der Waals surface area contributed by atoms with Crippen LogP contribution in [0.1, 0.15) is 11.1 Å². The molecule has 0 radical (unpaired) electrons. The number of methoxy groups -OCH3 is 1. The van der Waals surface area contributed by atoms with Gasteiger partial charge in [-0.3, -0.25) is 15.1 Å². The standard InChI is InChI=1S/C19H17N3O3/c1-25-18-6-2-4-13-12-21(11-9-14(13)18)17-8-7-16-15(5-3-10-20-16)19(17)22(23)24/h2-8,10H,9,11-12H2,1H3. The molecule has 126 valence electrons.